The molecule has 5 heteroatoms. The van der Waals surface area contributed by atoms with Crippen LogP contribution in [0.25, 0.3) is 0 Å². The fourth-order valence-electron chi connectivity index (χ4n) is 3.86. The summed E-state index contributed by atoms with van der Waals surface area (Å²) >= 11 is 0. The van der Waals surface area contributed by atoms with E-state index in [-0.39, 0.29) is 6.61 Å². The lowest BCUT2D eigenvalue weighted by Crippen LogP contribution is -2.30. The fraction of sp³-hybridized carbons (Fsp3) is 0.222. The van der Waals surface area contributed by atoms with Crippen LogP contribution in [0.15, 0.2) is 65.7 Å². The van der Waals surface area contributed by atoms with Crippen LogP contribution in [0.1, 0.15) is 42.0 Å². The van der Waals surface area contributed by atoms with E-state index in [1.54, 1.807) is 0 Å². The summed E-state index contributed by atoms with van der Waals surface area (Å²) in [6, 6.07) is 20.4. The van der Waals surface area contributed by atoms with Crippen LogP contribution in [0, 0.1) is 12.3 Å². The van der Waals surface area contributed by atoms with Crippen LogP contribution in [0.5, 0.6) is 5.75 Å². The van der Waals surface area contributed by atoms with Crippen molar-refractivity contribution in [2.75, 3.05) is 29.6 Å². The van der Waals surface area contributed by atoms with Gasteiger partial charge in [-0.1, -0.05) is 50.1 Å². The number of fused-ring (bicyclic) bond motifs is 1. The van der Waals surface area contributed by atoms with Gasteiger partial charge in [-0.25, -0.2) is 0 Å². The minimum absolute atomic E-state index is 0.225. The molecule has 0 saturated heterocycles. The zero-order chi connectivity index (χ0) is 22.7. The predicted molar refractivity (Wildman–Crippen MR) is 133 cm³/mol. The summed E-state index contributed by atoms with van der Waals surface area (Å²) in [5, 5.41) is 0. The molecule has 0 aromatic heterocycles. The lowest BCUT2D eigenvalue weighted by atomic mass is 9.95. The van der Waals surface area contributed by atoms with Crippen LogP contribution in [0.3, 0.4) is 0 Å². The summed E-state index contributed by atoms with van der Waals surface area (Å²) in [6.07, 6.45) is 5.38. The van der Waals surface area contributed by atoms with E-state index >= 15 is 0 Å². The number of hydrogen-bond donors (Lipinski definition) is 2. The molecule has 4 rings (SSSR count). The lowest BCUT2D eigenvalue weighted by Gasteiger charge is -2.31. The monoisotopic (exact) mass is 424 g/mol. The van der Waals surface area contributed by atoms with E-state index in [1.807, 2.05) is 30.3 Å². The van der Waals surface area contributed by atoms with E-state index in [9.17, 15) is 0 Å². The van der Waals surface area contributed by atoms with Crippen molar-refractivity contribution in [1.29, 1.82) is 0 Å². The number of aliphatic imine (C=N–C) groups is 1. The number of nitrogen functional groups attached to an aromatic ring is 2. The quantitative estimate of drug-likeness (QED) is 0.440. The molecule has 4 N–H and O–H groups in total. The van der Waals surface area contributed by atoms with Gasteiger partial charge in [-0.15, -0.1) is 6.42 Å². The molecule has 32 heavy (non-hydrogen) atoms. The Kier molecular flexibility index (Phi) is 6.04. The highest BCUT2D eigenvalue weighted by Crippen LogP contribution is 2.33. The number of anilines is 3. The van der Waals surface area contributed by atoms with E-state index in [4.69, 9.17) is 27.6 Å². The Balaban J connectivity index is 1.71. The Morgan fingerprint density at radius 3 is 2.50 bits per heavy atom. The average Bonchev–Trinajstić information content (AvgIpc) is 2.80. The first-order chi connectivity index (χ1) is 15.5. The van der Waals surface area contributed by atoms with Gasteiger partial charge in [0, 0.05) is 23.4 Å². The highest BCUT2D eigenvalue weighted by Gasteiger charge is 2.22. The van der Waals surface area contributed by atoms with Crippen molar-refractivity contribution < 1.29 is 4.74 Å². The highest BCUT2D eigenvalue weighted by molar-refractivity contribution is 6.17. The number of terminal acetylenes is 1. The maximum absolute atomic E-state index is 6.01. The van der Waals surface area contributed by atoms with Crippen LogP contribution in [-0.4, -0.2) is 19.0 Å². The topological polar surface area (TPSA) is 76.9 Å². The van der Waals surface area contributed by atoms with Crippen molar-refractivity contribution in [1.82, 2.24) is 0 Å². The van der Waals surface area contributed by atoms with E-state index in [0.717, 1.165) is 33.8 Å². The minimum Gasteiger partial charge on any atom is -0.481 e. The molecule has 3 aromatic carbocycles. The lowest BCUT2D eigenvalue weighted by molar-refractivity contribution is 0.370. The van der Waals surface area contributed by atoms with Crippen molar-refractivity contribution >= 4 is 22.8 Å². The second-order valence-corrected chi connectivity index (χ2v) is 8.26. The fourth-order valence-corrected chi connectivity index (χ4v) is 3.86. The third kappa shape index (κ3) is 4.40. The van der Waals surface area contributed by atoms with Gasteiger partial charge in [0.1, 0.15) is 19.0 Å². The molecule has 1 heterocycles. The molecule has 0 saturated carbocycles. The first-order valence-electron chi connectivity index (χ1n) is 10.7. The van der Waals surface area contributed by atoms with Gasteiger partial charge in [0.05, 0.1) is 17.1 Å². The van der Waals surface area contributed by atoms with E-state index in [1.165, 1.54) is 5.56 Å². The summed E-state index contributed by atoms with van der Waals surface area (Å²) in [4.78, 5) is 7.16. The summed E-state index contributed by atoms with van der Waals surface area (Å²) in [6.45, 7) is 5.83. The first-order valence-corrected chi connectivity index (χ1v) is 10.7. The molecule has 0 fully saturated rings. The maximum Gasteiger partial charge on any atom is 0.148 e. The van der Waals surface area contributed by atoms with E-state index in [2.05, 4.69) is 55.0 Å². The average molecular weight is 425 g/mol. The van der Waals surface area contributed by atoms with Crippen LogP contribution in [-0.2, 0) is 6.54 Å². The van der Waals surface area contributed by atoms with Crippen molar-refractivity contribution in [3.05, 3.63) is 82.9 Å². The second-order valence-electron chi connectivity index (χ2n) is 8.26. The number of nitrogens with two attached hydrogens (primary N) is 2. The van der Waals surface area contributed by atoms with Gasteiger partial charge in [0.15, 0.2) is 0 Å². The molecule has 0 aliphatic carbocycles. The molecule has 0 atom stereocenters. The molecule has 0 spiro atoms. The van der Waals surface area contributed by atoms with Gasteiger partial charge in [-0.05, 0) is 47.4 Å². The zero-order valence-electron chi connectivity index (χ0n) is 18.5. The molecule has 1 aliphatic heterocycles. The Labute approximate surface area is 189 Å². The van der Waals surface area contributed by atoms with Gasteiger partial charge in [-0.3, -0.25) is 4.99 Å². The van der Waals surface area contributed by atoms with Gasteiger partial charge in [0.25, 0.3) is 0 Å². The Bertz CT molecular complexity index is 1190. The smallest absolute Gasteiger partial charge is 0.148 e. The molecule has 162 valence electrons. The SMILES string of the molecule is C#CCOc1ccc2c(c1)C(c1ccc(C(C)C)cc1)=NCN2Cc1ccc(N)c(N)c1. The molecule has 0 unspecified atom stereocenters. The third-order valence-corrected chi connectivity index (χ3v) is 5.66. The minimum atomic E-state index is 0.225. The first kappa shape index (κ1) is 21.3. The van der Waals surface area contributed by atoms with Crippen molar-refractivity contribution in [3.8, 4) is 18.1 Å². The maximum atomic E-state index is 6.01. The largest absolute Gasteiger partial charge is 0.481 e. The third-order valence-electron chi connectivity index (χ3n) is 5.66. The van der Waals surface area contributed by atoms with Gasteiger partial charge in [0.2, 0.25) is 0 Å². The molecular formula is C27H28N4O. The highest BCUT2D eigenvalue weighted by atomic mass is 16.5. The molecule has 0 bridgehead atoms. The van der Waals surface area contributed by atoms with E-state index < -0.39 is 0 Å². The van der Waals surface area contributed by atoms with Gasteiger partial charge >= 0.3 is 0 Å². The number of ether oxygens (including phenoxy) is 1. The molecule has 1 aliphatic rings. The van der Waals surface area contributed by atoms with Crippen LogP contribution in [0.2, 0.25) is 0 Å². The number of rotatable bonds is 6. The second kappa shape index (κ2) is 9.07. The predicted octanol–water partition coefficient (Wildman–Crippen LogP) is 4.80. The molecule has 3 aromatic rings. The molecule has 0 amide bonds. The Hall–Kier alpha value is -3.91. The summed E-state index contributed by atoms with van der Waals surface area (Å²) < 4.78 is 5.70. The Morgan fingerprint density at radius 1 is 1.03 bits per heavy atom. The normalized spacial score (nSPS) is 12.8. The standard InChI is InChI=1S/C27H28N4O/c1-4-13-32-22-10-12-26-23(15-22)27(21-8-6-20(7-9-21)18(2)3)30-17-31(26)16-19-5-11-24(28)25(29)14-19/h1,5-12,14-15,18H,13,16-17,28-29H2,2-3H3. The number of benzene rings is 3. The number of hydrogen-bond acceptors (Lipinski definition) is 5. The summed E-state index contributed by atoms with van der Waals surface area (Å²) in [5.41, 5.74) is 19.6. The summed E-state index contributed by atoms with van der Waals surface area (Å²) in [7, 11) is 0. The molecule has 5 nitrogen and oxygen atoms in total. The molecular weight excluding hydrogens is 396 g/mol. The number of nitrogens with zero attached hydrogens (tertiary/aromatic N) is 2. The van der Waals surface area contributed by atoms with Crippen molar-refractivity contribution in [2.45, 2.75) is 26.3 Å². The van der Waals surface area contributed by atoms with Gasteiger partial charge in [-0.2, -0.15) is 0 Å². The zero-order valence-corrected chi connectivity index (χ0v) is 18.5. The van der Waals surface area contributed by atoms with Gasteiger partial charge < -0.3 is 21.1 Å². The van der Waals surface area contributed by atoms with E-state index in [0.29, 0.717) is 30.5 Å². The summed E-state index contributed by atoms with van der Waals surface area (Å²) in [5.74, 6) is 3.73. The Morgan fingerprint density at radius 2 is 1.81 bits per heavy atom. The van der Waals surface area contributed by atoms with Crippen LogP contribution in [0.4, 0.5) is 17.1 Å². The van der Waals surface area contributed by atoms with Crippen LogP contribution < -0.4 is 21.1 Å². The van der Waals surface area contributed by atoms with Crippen molar-refractivity contribution in [3.63, 3.8) is 0 Å². The molecule has 0 radical (unpaired) electrons. The van der Waals surface area contributed by atoms with Crippen molar-refractivity contribution in [2.24, 2.45) is 4.99 Å². The van der Waals surface area contributed by atoms with Crippen LogP contribution >= 0.6 is 0 Å².